The lowest BCUT2D eigenvalue weighted by Gasteiger charge is -2.11. The molecule has 5 heteroatoms. The molecule has 0 atom stereocenters. The van der Waals surface area contributed by atoms with E-state index < -0.39 is 0 Å². The molecule has 20 heavy (non-hydrogen) atoms. The van der Waals surface area contributed by atoms with Crippen molar-refractivity contribution in [1.29, 1.82) is 0 Å². The Morgan fingerprint density at radius 1 is 1.15 bits per heavy atom. The first kappa shape index (κ1) is 14.2. The Morgan fingerprint density at radius 2 is 1.90 bits per heavy atom. The number of methoxy groups -OCH3 is 2. The van der Waals surface area contributed by atoms with Gasteiger partial charge in [0.1, 0.15) is 5.75 Å². The molecule has 2 N–H and O–H groups in total. The molecule has 0 saturated heterocycles. The number of nitrogen functional groups attached to an aromatic ring is 1. The van der Waals surface area contributed by atoms with Gasteiger partial charge in [0.05, 0.1) is 30.5 Å². The highest BCUT2D eigenvalue weighted by Crippen LogP contribution is 2.30. The molecule has 0 spiro atoms. The van der Waals surface area contributed by atoms with E-state index in [2.05, 4.69) is 0 Å². The van der Waals surface area contributed by atoms with Gasteiger partial charge in [-0.25, -0.2) is 0 Å². The summed E-state index contributed by atoms with van der Waals surface area (Å²) < 4.78 is 10.3. The third kappa shape index (κ3) is 2.56. The monoisotopic (exact) mass is 291 g/mol. The van der Waals surface area contributed by atoms with Crippen LogP contribution >= 0.6 is 11.6 Å². The van der Waals surface area contributed by atoms with Crippen molar-refractivity contribution in [3.8, 4) is 11.5 Å². The number of hydrogen-bond donors (Lipinski definition) is 1. The van der Waals surface area contributed by atoms with E-state index in [0.29, 0.717) is 33.3 Å². The van der Waals surface area contributed by atoms with Crippen molar-refractivity contribution in [2.24, 2.45) is 0 Å². The van der Waals surface area contributed by atoms with Crippen molar-refractivity contribution in [3.63, 3.8) is 0 Å². The summed E-state index contributed by atoms with van der Waals surface area (Å²) >= 11 is 6.03. The van der Waals surface area contributed by atoms with Gasteiger partial charge in [-0.1, -0.05) is 17.7 Å². The van der Waals surface area contributed by atoms with Crippen LogP contribution in [-0.2, 0) is 0 Å². The van der Waals surface area contributed by atoms with Gasteiger partial charge in [0.25, 0.3) is 0 Å². The maximum Gasteiger partial charge on any atom is 0.196 e. The van der Waals surface area contributed by atoms with Gasteiger partial charge in [0, 0.05) is 5.56 Å². The molecule has 0 radical (unpaired) electrons. The number of hydrogen-bond acceptors (Lipinski definition) is 4. The number of halogens is 1. The fourth-order valence-corrected chi connectivity index (χ4v) is 2.18. The molecule has 0 saturated carbocycles. The summed E-state index contributed by atoms with van der Waals surface area (Å²) in [5, 5.41) is 0.376. The van der Waals surface area contributed by atoms with E-state index in [1.807, 2.05) is 0 Å². The summed E-state index contributed by atoms with van der Waals surface area (Å²) in [5.74, 6) is 0.672. The Balaban J connectivity index is 2.46. The van der Waals surface area contributed by atoms with Gasteiger partial charge in [-0.2, -0.15) is 0 Å². The zero-order chi connectivity index (χ0) is 14.7. The first-order valence-corrected chi connectivity index (χ1v) is 6.27. The highest BCUT2D eigenvalue weighted by molar-refractivity contribution is 6.32. The van der Waals surface area contributed by atoms with Crippen LogP contribution in [0.3, 0.4) is 0 Å². The minimum absolute atomic E-state index is 0.210. The van der Waals surface area contributed by atoms with E-state index >= 15 is 0 Å². The molecule has 2 rings (SSSR count). The smallest absolute Gasteiger partial charge is 0.196 e. The number of anilines is 1. The second-order valence-corrected chi connectivity index (χ2v) is 4.51. The SMILES string of the molecule is COc1ccc(C(=O)c2cccc(N)c2OC)cc1Cl. The normalized spacial score (nSPS) is 10.2. The van der Waals surface area contributed by atoms with Gasteiger partial charge < -0.3 is 15.2 Å². The van der Waals surface area contributed by atoms with Crippen LogP contribution < -0.4 is 15.2 Å². The van der Waals surface area contributed by atoms with Crippen molar-refractivity contribution < 1.29 is 14.3 Å². The fourth-order valence-electron chi connectivity index (χ4n) is 1.92. The number of rotatable bonds is 4. The molecule has 4 nitrogen and oxygen atoms in total. The Labute approximate surface area is 122 Å². The predicted octanol–water partition coefficient (Wildman–Crippen LogP) is 3.17. The molecule has 0 fully saturated rings. The fraction of sp³-hybridized carbons (Fsp3) is 0.133. The van der Waals surface area contributed by atoms with Gasteiger partial charge in [-0.3, -0.25) is 4.79 Å². The minimum Gasteiger partial charge on any atom is -0.495 e. The number of carbonyl (C=O) groups is 1. The molecule has 2 aromatic rings. The third-order valence-corrected chi connectivity index (χ3v) is 3.20. The number of para-hydroxylation sites is 1. The molecule has 0 aliphatic rings. The minimum atomic E-state index is -0.210. The van der Waals surface area contributed by atoms with E-state index in [9.17, 15) is 4.79 Å². The topological polar surface area (TPSA) is 61.5 Å². The number of ether oxygens (including phenoxy) is 2. The molecule has 0 heterocycles. The Hall–Kier alpha value is -2.20. The number of benzene rings is 2. The van der Waals surface area contributed by atoms with Crippen LogP contribution in [0.15, 0.2) is 36.4 Å². The van der Waals surface area contributed by atoms with E-state index in [1.54, 1.807) is 36.4 Å². The summed E-state index contributed by atoms with van der Waals surface area (Å²) in [6.45, 7) is 0. The van der Waals surface area contributed by atoms with Crippen LogP contribution in [0.5, 0.6) is 11.5 Å². The first-order chi connectivity index (χ1) is 9.58. The zero-order valence-corrected chi connectivity index (χ0v) is 11.9. The highest BCUT2D eigenvalue weighted by atomic mass is 35.5. The molecular formula is C15H14ClNO3. The van der Waals surface area contributed by atoms with Gasteiger partial charge in [0.2, 0.25) is 0 Å². The standard InChI is InChI=1S/C15H14ClNO3/c1-19-13-7-6-9(8-11(13)16)14(18)10-4-3-5-12(17)15(10)20-2/h3-8H,17H2,1-2H3. The van der Waals surface area contributed by atoms with Crippen LogP contribution in [0.1, 0.15) is 15.9 Å². The molecular weight excluding hydrogens is 278 g/mol. The lowest BCUT2D eigenvalue weighted by atomic mass is 10.0. The summed E-state index contributed by atoms with van der Waals surface area (Å²) in [6, 6.07) is 9.90. The number of nitrogens with two attached hydrogens (primary N) is 1. The van der Waals surface area contributed by atoms with Crippen molar-refractivity contribution in [3.05, 3.63) is 52.5 Å². The van der Waals surface area contributed by atoms with Crippen LogP contribution in [0.4, 0.5) is 5.69 Å². The van der Waals surface area contributed by atoms with Crippen molar-refractivity contribution in [2.75, 3.05) is 20.0 Å². The Morgan fingerprint density at radius 3 is 2.50 bits per heavy atom. The van der Waals surface area contributed by atoms with Gasteiger partial charge in [-0.15, -0.1) is 0 Å². The van der Waals surface area contributed by atoms with Crippen LogP contribution in [0.25, 0.3) is 0 Å². The third-order valence-electron chi connectivity index (χ3n) is 2.91. The average molecular weight is 292 g/mol. The molecule has 0 bridgehead atoms. The molecule has 0 aromatic heterocycles. The first-order valence-electron chi connectivity index (χ1n) is 5.89. The molecule has 0 amide bonds. The maximum atomic E-state index is 12.5. The van der Waals surface area contributed by atoms with Crippen LogP contribution in [0.2, 0.25) is 5.02 Å². The van der Waals surface area contributed by atoms with Gasteiger partial charge >= 0.3 is 0 Å². The molecule has 2 aromatic carbocycles. The molecule has 0 aliphatic heterocycles. The quantitative estimate of drug-likeness (QED) is 0.694. The summed E-state index contributed by atoms with van der Waals surface area (Å²) in [6.07, 6.45) is 0. The van der Waals surface area contributed by atoms with Crippen molar-refractivity contribution in [2.45, 2.75) is 0 Å². The molecule has 0 unspecified atom stereocenters. The van der Waals surface area contributed by atoms with Gasteiger partial charge in [-0.05, 0) is 30.3 Å². The maximum absolute atomic E-state index is 12.5. The summed E-state index contributed by atoms with van der Waals surface area (Å²) in [5.41, 5.74) is 7.06. The Kier molecular flexibility index (Phi) is 4.15. The largest absolute Gasteiger partial charge is 0.495 e. The van der Waals surface area contributed by atoms with E-state index in [1.165, 1.54) is 14.2 Å². The summed E-state index contributed by atoms with van der Waals surface area (Å²) in [4.78, 5) is 12.5. The van der Waals surface area contributed by atoms with E-state index in [4.69, 9.17) is 26.8 Å². The lowest BCUT2D eigenvalue weighted by molar-refractivity contribution is 0.103. The van der Waals surface area contributed by atoms with Crippen molar-refractivity contribution >= 4 is 23.1 Å². The Bertz CT molecular complexity index is 656. The summed E-state index contributed by atoms with van der Waals surface area (Å²) in [7, 11) is 2.99. The van der Waals surface area contributed by atoms with Crippen molar-refractivity contribution in [1.82, 2.24) is 0 Å². The van der Waals surface area contributed by atoms with E-state index in [0.717, 1.165) is 0 Å². The second-order valence-electron chi connectivity index (χ2n) is 4.11. The zero-order valence-electron chi connectivity index (χ0n) is 11.1. The lowest BCUT2D eigenvalue weighted by Crippen LogP contribution is -2.06. The number of ketones is 1. The van der Waals surface area contributed by atoms with E-state index in [-0.39, 0.29) is 5.78 Å². The predicted molar refractivity (Wildman–Crippen MR) is 78.8 cm³/mol. The van der Waals surface area contributed by atoms with Crippen LogP contribution in [0, 0.1) is 0 Å². The van der Waals surface area contributed by atoms with Gasteiger partial charge in [0.15, 0.2) is 11.5 Å². The molecule has 104 valence electrons. The highest BCUT2D eigenvalue weighted by Gasteiger charge is 2.17. The average Bonchev–Trinajstić information content (AvgIpc) is 2.46. The molecule has 0 aliphatic carbocycles. The second kappa shape index (κ2) is 5.84. The number of carbonyl (C=O) groups excluding carboxylic acids is 1. The van der Waals surface area contributed by atoms with Crippen LogP contribution in [-0.4, -0.2) is 20.0 Å².